The second-order valence-electron chi connectivity index (χ2n) is 5.85. The Kier molecular flexibility index (Phi) is 6.91. The predicted molar refractivity (Wildman–Crippen MR) is 110 cm³/mol. The van der Waals surface area contributed by atoms with Crippen LogP contribution in [-0.2, 0) is 4.74 Å². The van der Waals surface area contributed by atoms with E-state index in [-0.39, 0.29) is 40.1 Å². The lowest BCUT2D eigenvalue weighted by Crippen LogP contribution is -2.10. The maximum atomic E-state index is 12.5. The van der Waals surface area contributed by atoms with Crippen LogP contribution in [0.2, 0.25) is 10.0 Å². The molecule has 1 heterocycles. The van der Waals surface area contributed by atoms with Crippen molar-refractivity contribution in [2.24, 2.45) is 0 Å². The van der Waals surface area contributed by atoms with Crippen molar-refractivity contribution in [3.63, 3.8) is 0 Å². The average molecular weight is 450 g/mol. The number of hydrogen-bond donors (Lipinski definition) is 1. The first kappa shape index (κ1) is 21.6. The monoisotopic (exact) mass is 449 g/mol. The van der Waals surface area contributed by atoms with Crippen LogP contribution in [0.3, 0.4) is 0 Å². The lowest BCUT2D eigenvalue weighted by Gasteiger charge is -2.12. The maximum absolute atomic E-state index is 12.5. The molecule has 0 fully saturated rings. The van der Waals surface area contributed by atoms with Crippen LogP contribution < -0.4 is 9.47 Å². The van der Waals surface area contributed by atoms with Crippen LogP contribution in [0, 0.1) is 0 Å². The lowest BCUT2D eigenvalue weighted by molar-refractivity contribution is 0.0520. The van der Waals surface area contributed by atoms with Crippen LogP contribution >= 0.6 is 23.2 Å². The highest BCUT2D eigenvalue weighted by Gasteiger charge is 2.22. The second kappa shape index (κ2) is 9.60. The third-order valence-corrected chi connectivity index (χ3v) is 4.44. The first-order valence-electron chi connectivity index (χ1n) is 8.96. The largest absolute Gasteiger partial charge is 0.490 e. The van der Waals surface area contributed by atoms with Crippen LogP contribution in [0.25, 0.3) is 11.3 Å². The number of halogens is 2. The number of nitrogens with zero attached hydrogens (tertiary/aromatic N) is 2. The van der Waals surface area contributed by atoms with Crippen molar-refractivity contribution >= 4 is 35.1 Å². The Morgan fingerprint density at radius 2 is 1.77 bits per heavy atom. The fourth-order valence-electron chi connectivity index (χ4n) is 2.59. The van der Waals surface area contributed by atoms with Gasteiger partial charge in [-0.05, 0) is 50.2 Å². The van der Waals surface area contributed by atoms with Crippen molar-refractivity contribution in [3.8, 4) is 22.8 Å². The number of esters is 2. The molecule has 10 heteroatoms. The van der Waals surface area contributed by atoms with Gasteiger partial charge in [0.15, 0.2) is 17.2 Å². The van der Waals surface area contributed by atoms with Crippen LogP contribution in [0.4, 0.5) is 0 Å². The fraction of sp³-hybridized carbons (Fsp3) is 0.200. The summed E-state index contributed by atoms with van der Waals surface area (Å²) in [6, 6.07) is 9.21. The quantitative estimate of drug-likeness (QED) is 0.415. The molecule has 8 nitrogen and oxygen atoms in total. The van der Waals surface area contributed by atoms with Gasteiger partial charge in [0, 0.05) is 10.6 Å². The standard InChI is InChI=1S/C20H17Cl2N3O5/c1-3-28-16-9-11(17-18(24-25-23-17)20(27)29-4-2)5-8-15(16)30-19(26)13-7-6-12(21)10-14(13)22/h5-10H,3-4H2,1-2H3,(H,23,24,25). The molecule has 0 saturated carbocycles. The maximum Gasteiger partial charge on any atom is 0.361 e. The second-order valence-corrected chi connectivity index (χ2v) is 6.69. The van der Waals surface area contributed by atoms with Gasteiger partial charge < -0.3 is 14.2 Å². The number of aromatic nitrogens is 3. The number of benzene rings is 2. The molecule has 0 bridgehead atoms. The summed E-state index contributed by atoms with van der Waals surface area (Å²) in [5, 5.41) is 10.9. The molecule has 1 N–H and O–H groups in total. The van der Waals surface area contributed by atoms with Crippen molar-refractivity contribution in [1.29, 1.82) is 0 Å². The molecule has 0 unspecified atom stereocenters. The van der Waals surface area contributed by atoms with Crippen LogP contribution in [0.1, 0.15) is 34.7 Å². The Hall–Kier alpha value is -3.10. The van der Waals surface area contributed by atoms with Gasteiger partial charge in [0.05, 0.1) is 23.8 Å². The summed E-state index contributed by atoms with van der Waals surface area (Å²) in [6.45, 7) is 4.01. The molecule has 3 rings (SSSR count). The highest BCUT2D eigenvalue weighted by molar-refractivity contribution is 6.36. The third-order valence-electron chi connectivity index (χ3n) is 3.89. The molecule has 3 aromatic rings. The fourth-order valence-corrected chi connectivity index (χ4v) is 3.08. The molecule has 0 spiro atoms. The number of rotatable bonds is 7. The van der Waals surface area contributed by atoms with Crippen LogP contribution in [-0.4, -0.2) is 40.6 Å². The minimum atomic E-state index is -0.668. The molecular weight excluding hydrogens is 433 g/mol. The molecular formula is C20H17Cl2N3O5. The highest BCUT2D eigenvalue weighted by atomic mass is 35.5. The molecule has 0 aliphatic heterocycles. The van der Waals surface area contributed by atoms with Gasteiger partial charge in [0.1, 0.15) is 5.69 Å². The van der Waals surface area contributed by atoms with E-state index in [0.717, 1.165) is 0 Å². The van der Waals surface area contributed by atoms with Gasteiger partial charge in [-0.25, -0.2) is 9.59 Å². The van der Waals surface area contributed by atoms with Crippen molar-refractivity contribution < 1.29 is 23.8 Å². The minimum Gasteiger partial charge on any atom is -0.490 e. The summed E-state index contributed by atoms with van der Waals surface area (Å²) in [5.74, 6) is -0.810. The van der Waals surface area contributed by atoms with Gasteiger partial charge in [-0.3, -0.25) is 0 Å². The number of nitrogens with one attached hydrogen (secondary N) is 1. The van der Waals surface area contributed by atoms with Gasteiger partial charge in [0.2, 0.25) is 0 Å². The summed E-state index contributed by atoms with van der Waals surface area (Å²) < 4.78 is 16.1. The topological polar surface area (TPSA) is 103 Å². The number of ether oxygens (including phenoxy) is 3. The average Bonchev–Trinajstić information content (AvgIpc) is 3.19. The normalized spacial score (nSPS) is 10.5. The van der Waals surface area contributed by atoms with E-state index in [1.807, 2.05) is 0 Å². The molecule has 30 heavy (non-hydrogen) atoms. The van der Waals surface area contributed by atoms with Crippen molar-refractivity contribution in [1.82, 2.24) is 15.4 Å². The summed E-state index contributed by atoms with van der Waals surface area (Å²) in [5.41, 5.74) is 1.01. The number of carbonyl (C=O) groups is 2. The van der Waals surface area contributed by atoms with E-state index < -0.39 is 11.9 Å². The summed E-state index contributed by atoms with van der Waals surface area (Å²) in [7, 11) is 0. The third kappa shape index (κ3) is 4.72. The molecule has 0 saturated heterocycles. The molecule has 0 radical (unpaired) electrons. The Bertz CT molecular complexity index is 1080. The smallest absolute Gasteiger partial charge is 0.361 e. The summed E-state index contributed by atoms with van der Waals surface area (Å²) in [6.07, 6.45) is 0. The molecule has 2 aromatic carbocycles. The van der Waals surface area contributed by atoms with Gasteiger partial charge >= 0.3 is 11.9 Å². The molecule has 0 aliphatic carbocycles. The van der Waals surface area contributed by atoms with E-state index in [1.165, 1.54) is 24.3 Å². The molecule has 156 valence electrons. The van der Waals surface area contributed by atoms with E-state index in [2.05, 4.69) is 15.4 Å². The lowest BCUT2D eigenvalue weighted by atomic mass is 10.1. The molecule has 0 amide bonds. The van der Waals surface area contributed by atoms with E-state index in [4.69, 9.17) is 37.4 Å². The van der Waals surface area contributed by atoms with E-state index in [9.17, 15) is 9.59 Å². The van der Waals surface area contributed by atoms with E-state index in [1.54, 1.807) is 26.0 Å². The number of H-pyrrole nitrogens is 1. The van der Waals surface area contributed by atoms with Crippen LogP contribution in [0.15, 0.2) is 36.4 Å². The summed E-state index contributed by atoms with van der Waals surface area (Å²) in [4.78, 5) is 24.6. The van der Waals surface area contributed by atoms with Gasteiger partial charge in [-0.1, -0.05) is 23.2 Å². The zero-order chi connectivity index (χ0) is 21.7. The molecule has 0 atom stereocenters. The van der Waals surface area contributed by atoms with Crippen molar-refractivity contribution in [2.75, 3.05) is 13.2 Å². The molecule has 0 aliphatic rings. The Morgan fingerprint density at radius 1 is 0.967 bits per heavy atom. The van der Waals surface area contributed by atoms with Crippen LogP contribution in [0.5, 0.6) is 11.5 Å². The Morgan fingerprint density at radius 3 is 2.47 bits per heavy atom. The first-order valence-corrected chi connectivity index (χ1v) is 9.72. The number of hydrogen-bond acceptors (Lipinski definition) is 7. The molecule has 1 aromatic heterocycles. The van der Waals surface area contributed by atoms with Gasteiger partial charge in [-0.2, -0.15) is 10.3 Å². The summed E-state index contributed by atoms with van der Waals surface area (Å²) >= 11 is 11.9. The van der Waals surface area contributed by atoms with Crippen molar-refractivity contribution in [2.45, 2.75) is 13.8 Å². The van der Waals surface area contributed by atoms with Crippen molar-refractivity contribution in [3.05, 3.63) is 57.7 Å². The van der Waals surface area contributed by atoms with Gasteiger partial charge in [-0.15, -0.1) is 5.10 Å². The Labute approximate surface area is 182 Å². The Balaban J connectivity index is 1.92. The SMILES string of the molecule is CCOC(=O)c1n[nH]nc1-c1ccc(OC(=O)c2ccc(Cl)cc2Cl)c(OCC)c1. The predicted octanol–water partition coefficient (Wildman–Crippen LogP) is 4.57. The first-order chi connectivity index (χ1) is 14.4. The van der Waals surface area contributed by atoms with E-state index in [0.29, 0.717) is 17.2 Å². The number of aromatic amines is 1. The highest BCUT2D eigenvalue weighted by Crippen LogP contribution is 2.34. The zero-order valence-electron chi connectivity index (χ0n) is 16.1. The minimum absolute atomic E-state index is 0.0389. The number of carbonyl (C=O) groups excluding carboxylic acids is 2. The van der Waals surface area contributed by atoms with Gasteiger partial charge in [0.25, 0.3) is 0 Å². The zero-order valence-corrected chi connectivity index (χ0v) is 17.6. The van der Waals surface area contributed by atoms with E-state index >= 15 is 0 Å².